The van der Waals surface area contributed by atoms with Crippen molar-refractivity contribution < 1.29 is 0 Å². The number of piperidine rings is 1. The maximum atomic E-state index is 6.25. The molecule has 1 aromatic carbocycles. The van der Waals surface area contributed by atoms with Gasteiger partial charge in [0.2, 0.25) is 0 Å². The van der Waals surface area contributed by atoms with Crippen LogP contribution in [0.15, 0.2) is 30.5 Å². The maximum absolute atomic E-state index is 6.25. The number of hydrogen-bond acceptors (Lipinski definition) is 3. The number of fused-ring (bicyclic) bond motifs is 1. The largest absolute Gasteiger partial charge is 0.380 e. The number of rotatable bonds is 3. The lowest BCUT2D eigenvalue weighted by molar-refractivity contribution is 0.177. The molecule has 3 rings (SSSR count). The average molecular weight is 304 g/mol. The van der Waals surface area contributed by atoms with Crippen molar-refractivity contribution in [3.05, 3.63) is 35.5 Å². The number of nitrogens with zero attached hydrogens (tertiary/aromatic N) is 2. The molecule has 1 N–H and O–H groups in total. The lowest BCUT2D eigenvalue weighted by Crippen LogP contribution is -2.42. The predicted octanol–water partition coefficient (Wildman–Crippen LogP) is 4.17. The van der Waals surface area contributed by atoms with Gasteiger partial charge in [0.05, 0.1) is 16.2 Å². The molecule has 0 saturated carbocycles. The summed E-state index contributed by atoms with van der Waals surface area (Å²) < 4.78 is 0. The molecule has 1 fully saturated rings. The Labute approximate surface area is 131 Å². The second-order valence-corrected chi connectivity index (χ2v) is 6.45. The summed E-state index contributed by atoms with van der Waals surface area (Å²) in [4.78, 5) is 7.03. The van der Waals surface area contributed by atoms with E-state index in [2.05, 4.69) is 29.0 Å². The van der Waals surface area contributed by atoms with E-state index in [9.17, 15) is 0 Å². The number of nitrogens with one attached hydrogen (secondary N) is 1. The molecule has 4 heteroatoms. The third kappa shape index (κ3) is 3.14. The van der Waals surface area contributed by atoms with E-state index in [1.807, 2.05) is 30.5 Å². The molecule has 0 unspecified atom stereocenters. The summed E-state index contributed by atoms with van der Waals surface area (Å²) in [6.07, 6.45) is 4.18. The van der Waals surface area contributed by atoms with Crippen LogP contribution in [0.3, 0.4) is 0 Å². The van der Waals surface area contributed by atoms with Gasteiger partial charge in [0.1, 0.15) is 0 Å². The molecule has 1 saturated heterocycles. The Balaban J connectivity index is 1.76. The van der Waals surface area contributed by atoms with Gasteiger partial charge in [-0.2, -0.15) is 0 Å². The maximum Gasteiger partial charge on any atom is 0.0948 e. The number of anilines is 1. The van der Waals surface area contributed by atoms with Gasteiger partial charge in [-0.3, -0.25) is 4.98 Å². The number of hydrogen-bond donors (Lipinski definition) is 1. The van der Waals surface area contributed by atoms with E-state index in [-0.39, 0.29) is 0 Å². The molecule has 3 nitrogen and oxygen atoms in total. The van der Waals surface area contributed by atoms with Gasteiger partial charge in [0, 0.05) is 36.8 Å². The number of aromatic nitrogens is 1. The first-order chi connectivity index (χ1) is 10.1. The topological polar surface area (TPSA) is 28.2 Å². The third-order valence-corrected chi connectivity index (χ3v) is 4.67. The van der Waals surface area contributed by atoms with Crippen molar-refractivity contribution in [2.75, 3.05) is 18.4 Å². The SMILES string of the molecule is CC(C)N1CCC(Nc2ccc(Cl)c3cccnc23)CC1. The van der Waals surface area contributed by atoms with Crippen molar-refractivity contribution in [1.82, 2.24) is 9.88 Å². The molecule has 1 aromatic heterocycles. The van der Waals surface area contributed by atoms with E-state index in [0.717, 1.165) is 34.7 Å². The minimum absolute atomic E-state index is 0.520. The van der Waals surface area contributed by atoms with Crippen LogP contribution in [-0.4, -0.2) is 35.1 Å². The molecule has 0 bridgehead atoms. The molecule has 0 spiro atoms. The molecule has 0 amide bonds. The van der Waals surface area contributed by atoms with Gasteiger partial charge in [-0.25, -0.2) is 0 Å². The molecule has 0 radical (unpaired) electrons. The van der Waals surface area contributed by atoms with Crippen LogP contribution in [0, 0.1) is 0 Å². The van der Waals surface area contributed by atoms with Crippen molar-refractivity contribution in [3.8, 4) is 0 Å². The van der Waals surface area contributed by atoms with Crippen molar-refractivity contribution in [2.45, 2.75) is 38.8 Å². The van der Waals surface area contributed by atoms with Crippen LogP contribution in [0.5, 0.6) is 0 Å². The van der Waals surface area contributed by atoms with Crippen LogP contribution in [0.4, 0.5) is 5.69 Å². The Morgan fingerprint density at radius 2 is 2.00 bits per heavy atom. The highest BCUT2D eigenvalue weighted by Gasteiger charge is 2.21. The van der Waals surface area contributed by atoms with E-state index in [1.54, 1.807) is 0 Å². The van der Waals surface area contributed by atoms with Gasteiger partial charge in [-0.05, 0) is 51.0 Å². The van der Waals surface area contributed by atoms with E-state index in [1.165, 1.54) is 12.8 Å². The molecule has 112 valence electrons. The minimum atomic E-state index is 0.520. The van der Waals surface area contributed by atoms with E-state index < -0.39 is 0 Å². The second-order valence-electron chi connectivity index (χ2n) is 6.04. The van der Waals surface area contributed by atoms with Gasteiger partial charge in [0.15, 0.2) is 0 Å². The van der Waals surface area contributed by atoms with Crippen molar-refractivity contribution in [1.29, 1.82) is 0 Å². The van der Waals surface area contributed by atoms with Crippen LogP contribution in [0.2, 0.25) is 5.02 Å². The standard InChI is InChI=1S/C17H22ClN3/c1-12(2)21-10-7-13(8-11-21)20-16-6-5-15(18)14-4-3-9-19-17(14)16/h3-6,9,12-13,20H,7-8,10-11H2,1-2H3. The van der Waals surface area contributed by atoms with E-state index >= 15 is 0 Å². The summed E-state index contributed by atoms with van der Waals surface area (Å²) in [5, 5.41) is 5.44. The van der Waals surface area contributed by atoms with Crippen molar-refractivity contribution in [3.63, 3.8) is 0 Å². The Hall–Kier alpha value is -1.32. The number of likely N-dealkylation sites (tertiary alicyclic amines) is 1. The van der Waals surface area contributed by atoms with Crippen molar-refractivity contribution >= 4 is 28.2 Å². The summed E-state index contributed by atoms with van der Waals surface area (Å²) in [5.74, 6) is 0. The monoisotopic (exact) mass is 303 g/mol. The van der Waals surface area contributed by atoms with Crippen molar-refractivity contribution in [2.24, 2.45) is 0 Å². The minimum Gasteiger partial charge on any atom is -0.380 e. The van der Waals surface area contributed by atoms with Gasteiger partial charge >= 0.3 is 0 Å². The summed E-state index contributed by atoms with van der Waals surface area (Å²) in [7, 11) is 0. The highest BCUT2D eigenvalue weighted by molar-refractivity contribution is 6.35. The first kappa shape index (κ1) is 14.6. The molecule has 2 aromatic rings. The number of halogens is 1. The van der Waals surface area contributed by atoms with Crippen LogP contribution in [0.1, 0.15) is 26.7 Å². The molecule has 1 aliphatic heterocycles. The lowest BCUT2D eigenvalue weighted by atomic mass is 10.0. The van der Waals surface area contributed by atoms with Crippen LogP contribution < -0.4 is 5.32 Å². The highest BCUT2D eigenvalue weighted by atomic mass is 35.5. The third-order valence-electron chi connectivity index (χ3n) is 4.34. The molecular weight excluding hydrogens is 282 g/mol. The van der Waals surface area contributed by atoms with Crippen LogP contribution in [0.25, 0.3) is 10.9 Å². The Kier molecular flexibility index (Phi) is 4.32. The quantitative estimate of drug-likeness (QED) is 0.922. The second kappa shape index (κ2) is 6.20. The average Bonchev–Trinajstić information content (AvgIpc) is 2.51. The van der Waals surface area contributed by atoms with Gasteiger partial charge in [-0.1, -0.05) is 11.6 Å². The zero-order valence-electron chi connectivity index (χ0n) is 12.6. The van der Waals surface area contributed by atoms with Gasteiger partial charge in [-0.15, -0.1) is 0 Å². The Morgan fingerprint density at radius 3 is 2.71 bits per heavy atom. The first-order valence-corrected chi connectivity index (χ1v) is 8.07. The number of pyridine rings is 1. The summed E-state index contributed by atoms with van der Waals surface area (Å²) in [6.45, 7) is 6.86. The summed E-state index contributed by atoms with van der Waals surface area (Å²) in [5.41, 5.74) is 2.06. The van der Waals surface area contributed by atoms with Crippen LogP contribution in [-0.2, 0) is 0 Å². The number of benzene rings is 1. The van der Waals surface area contributed by atoms with Crippen LogP contribution >= 0.6 is 11.6 Å². The normalized spacial score (nSPS) is 17.5. The zero-order valence-corrected chi connectivity index (χ0v) is 13.4. The molecule has 21 heavy (non-hydrogen) atoms. The Morgan fingerprint density at radius 1 is 1.24 bits per heavy atom. The molecule has 0 aliphatic carbocycles. The fourth-order valence-corrected chi connectivity index (χ4v) is 3.25. The predicted molar refractivity (Wildman–Crippen MR) is 90.1 cm³/mol. The lowest BCUT2D eigenvalue weighted by Gasteiger charge is -2.35. The molecular formula is C17H22ClN3. The molecule has 0 atom stereocenters. The smallest absolute Gasteiger partial charge is 0.0948 e. The molecule has 1 aliphatic rings. The highest BCUT2D eigenvalue weighted by Crippen LogP contribution is 2.29. The van der Waals surface area contributed by atoms with E-state index in [0.29, 0.717) is 12.1 Å². The Bertz CT molecular complexity index is 618. The first-order valence-electron chi connectivity index (χ1n) is 7.69. The summed E-state index contributed by atoms with van der Waals surface area (Å²) in [6, 6.07) is 9.12. The van der Waals surface area contributed by atoms with E-state index in [4.69, 9.17) is 11.6 Å². The van der Waals surface area contributed by atoms with Gasteiger partial charge in [0.25, 0.3) is 0 Å². The fourth-order valence-electron chi connectivity index (χ4n) is 3.03. The zero-order chi connectivity index (χ0) is 14.8. The summed E-state index contributed by atoms with van der Waals surface area (Å²) >= 11 is 6.25. The fraction of sp³-hybridized carbons (Fsp3) is 0.471. The molecule has 2 heterocycles. The van der Waals surface area contributed by atoms with Gasteiger partial charge < -0.3 is 10.2 Å².